The van der Waals surface area contributed by atoms with Gasteiger partial charge in [-0.05, 0) is 30.5 Å². The fourth-order valence-corrected chi connectivity index (χ4v) is 2.35. The van der Waals surface area contributed by atoms with Gasteiger partial charge in [-0.15, -0.1) is 0 Å². The molecule has 0 saturated heterocycles. The third-order valence-corrected chi connectivity index (χ3v) is 3.71. The molecule has 1 aromatic rings. The quantitative estimate of drug-likeness (QED) is 0.662. The van der Waals surface area contributed by atoms with Crippen LogP contribution in [0.15, 0.2) is 24.3 Å². The average molecular weight is 250 g/mol. The number of nitrogen functional groups attached to an aromatic ring is 1. The highest BCUT2D eigenvalue weighted by atomic mass is 16.3. The number of nitrogens with zero attached hydrogens (tertiary/aromatic N) is 1. The van der Waals surface area contributed by atoms with Crippen LogP contribution in [-0.4, -0.2) is 40.9 Å². The lowest BCUT2D eigenvalue weighted by Gasteiger charge is -2.38. The Morgan fingerprint density at radius 3 is 2.44 bits per heavy atom. The van der Waals surface area contributed by atoms with Crippen molar-refractivity contribution >= 4 is 5.69 Å². The van der Waals surface area contributed by atoms with Gasteiger partial charge in [0.05, 0.1) is 12.7 Å². The summed E-state index contributed by atoms with van der Waals surface area (Å²) in [5, 5.41) is 19.3. The van der Waals surface area contributed by atoms with Crippen LogP contribution in [0.5, 0.6) is 0 Å². The van der Waals surface area contributed by atoms with Crippen molar-refractivity contribution in [1.82, 2.24) is 4.90 Å². The van der Waals surface area contributed by atoms with Crippen molar-refractivity contribution in [2.45, 2.75) is 31.4 Å². The zero-order chi connectivity index (χ0) is 13.0. The van der Waals surface area contributed by atoms with Crippen molar-refractivity contribution in [3.8, 4) is 0 Å². The number of rotatable bonds is 6. The highest BCUT2D eigenvalue weighted by Gasteiger charge is 2.26. The number of aliphatic hydroxyl groups excluding tert-OH is 2. The van der Waals surface area contributed by atoms with Gasteiger partial charge in [0, 0.05) is 24.8 Å². The first-order chi connectivity index (χ1) is 8.70. The summed E-state index contributed by atoms with van der Waals surface area (Å²) >= 11 is 0. The van der Waals surface area contributed by atoms with E-state index in [0.29, 0.717) is 24.8 Å². The summed E-state index contributed by atoms with van der Waals surface area (Å²) in [4.78, 5) is 2.19. The topological polar surface area (TPSA) is 69.7 Å². The second kappa shape index (κ2) is 6.18. The van der Waals surface area contributed by atoms with Gasteiger partial charge in [0.1, 0.15) is 0 Å². The van der Waals surface area contributed by atoms with Crippen LogP contribution < -0.4 is 5.73 Å². The molecule has 4 nitrogen and oxygen atoms in total. The fourth-order valence-electron chi connectivity index (χ4n) is 2.35. The molecule has 4 N–H and O–H groups in total. The van der Waals surface area contributed by atoms with Crippen LogP contribution in [0.3, 0.4) is 0 Å². The molecule has 1 aliphatic carbocycles. The average Bonchev–Trinajstić information content (AvgIpc) is 2.27. The molecule has 0 aromatic heterocycles. The molecule has 100 valence electrons. The molecule has 0 radical (unpaired) electrons. The van der Waals surface area contributed by atoms with Gasteiger partial charge >= 0.3 is 0 Å². The second-order valence-corrected chi connectivity index (χ2v) is 4.99. The maximum atomic E-state index is 10.2. The van der Waals surface area contributed by atoms with Crippen LogP contribution in [0, 0.1) is 0 Å². The summed E-state index contributed by atoms with van der Waals surface area (Å²) in [7, 11) is 0. The van der Waals surface area contributed by atoms with E-state index in [4.69, 9.17) is 10.8 Å². The third-order valence-electron chi connectivity index (χ3n) is 3.71. The highest BCUT2D eigenvalue weighted by molar-refractivity contribution is 5.39. The minimum atomic E-state index is -0.516. The lowest BCUT2D eigenvalue weighted by molar-refractivity contribution is 0.0460. The number of aliphatic hydroxyl groups is 2. The molecule has 0 amide bonds. The predicted molar refractivity (Wildman–Crippen MR) is 72.1 cm³/mol. The maximum absolute atomic E-state index is 10.2. The number of benzene rings is 1. The van der Waals surface area contributed by atoms with Crippen molar-refractivity contribution in [2.75, 3.05) is 25.4 Å². The van der Waals surface area contributed by atoms with Gasteiger partial charge in [-0.1, -0.05) is 18.6 Å². The molecule has 0 spiro atoms. The fraction of sp³-hybridized carbons (Fsp3) is 0.571. The van der Waals surface area contributed by atoms with E-state index in [1.54, 1.807) is 12.1 Å². The van der Waals surface area contributed by atoms with Gasteiger partial charge in [0.2, 0.25) is 0 Å². The molecule has 1 aromatic carbocycles. The first kappa shape index (κ1) is 13.3. The van der Waals surface area contributed by atoms with E-state index >= 15 is 0 Å². The van der Waals surface area contributed by atoms with Crippen LogP contribution in [-0.2, 0) is 0 Å². The Balaban J connectivity index is 1.94. The first-order valence-corrected chi connectivity index (χ1v) is 6.59. The Kier molecular flexibility index (Phi) is 4.58. The summed E-state index contributed by atoms with van der Waals surface area (Å²) in [5.74, 6) is 0. The highest BCUT2D eigenvalue weighted by Crippen LogP contribution is 2.26. The van der Waals surface area contributed by atoms with Gasteiger partial charge in [-0.3, -0.25) is 4.90 Å². The number of hydrogen-bond acceptors (Lipinski definition) is 4. The smallest absolute Gasteiger partial charge is 0.0917 e. The Morgan fingerprint density at radius 1 is 1.28 bits per heavy atom. The molecule has 0 heterocycles. The molecular formula is C14H22N2O2. The van der Waals surface area contributed by atoms with Crippen molar-refractivity contribution < 1.29 is 10.2 Å². The molecule has 4 heteroatoms. The molecule has 1 unspecified atom stereocenters. The van der Waals surface area contributed by atoms with Gasteiger partial charge in [-0.2, -0.15) is 0 Å². The first-order valence-electron chi connectivity index (χ1n) is 6.59. The SMILES string of the molecule is Nc1ccc(C(O)CN(CCO)C2CCC2)cc1. The summed E-state index contributed by atoms with van der Waals surface area (Å²) in [6.45, 7) is 1.36. The Hall–Kier alpha value is -1.10. The molecule has 1 fully saturated rings. The van der Waals surface area contributed by atoms with Crippen molar-refractivity contribution in [3.05, 3.63) is 29.8 Å². The molecule has 1 aliphatic rings. The van der Waals surface area contributed by atoms with Crippen molar-refractivity contribution in [2.24, 2.45) is 0 Å². The largest absolute Gasteiger partial charge is 0.399 e. The van der Waals surface area contributed by atoms with Gasteiger partial charge in [0.15, 0.2) is 0 Å². The molecule has 1 saturated carbocycles. The Labute approximate surface area is 108 Å². The van der Waals surface area contributed by atoms with Crippen LogP contribution >= 0.6 is 0 Å². The molecule has 18 heavy (non-hydrogen) atoms. The summed E-state index contributed by atoms with van der Waals surface area (Å²) in [6.07, 6.45) is 3.09. The zero-order valence-electron chi connectivity index (χ0n) is 10.6. The normalized spacial score (nSPS) is 17.7. The minimum absolute atomic E-state index is 0.144. The summed E-state index contributed by atoms with van der Waals surface area (Å²) in [6, 6.07) is 7.85. The molecular weight excluding hydrogens is 228 g/mol. The number of hydrogen-bond donors (Lipinski definition) is 3. The molecule has 1 atom stereocenters. The van der Waals surface area contributed by atoms with E-state index in [9.17, 15) is 5.11 Å². The van der Waals surface area contributed by atoms with E-state index in [1.807, 2.05) is 12.1 Å². The predicted octanol–water partition coefficient (Wildman–Crippen LogP) is 1.15. The van der Waals surface area contributed by atoms with Gasteiger partial charge < -0.3 is 15.9 Å². The summed E-state index contributed by atoms with van der Waals surface area (Å²) in [5.41, 5.74) is 7.22. The van der Waals surface area contributed by atoms with Crippen LogP contribution in [0.4, 0.5) is 5.69 Å². The van der Waals surface area contributed by atoms with Gasteiger partial charge in [0.25, 0.3) is 0 Å². The van der Waals surface area contributed by atoms with Crippen LogP contribution in [0.1, 0.15) is 30.9 Å². The zero-order valence-corrected chi connectivity index (χ0v) is 10.6. The van der Waals surface area contributed by atoms with Crippen LogP contribution in [0.2, 0.25) is 0 Å². The Bertz CT molecular complexity index is 363. The standard InChI is InChI=1S/C14H22N2O2/c15-12-6-4-11(5-7-12)14(18)10-16(8-9-17)13-2-1-3-13/h4-7,13-14,17-18H,1-3,8-10,15H2. The third kappa shape index (κ3) is 3.22. The lowest BCUT2D eigenvalue weighted by atomic mass is 9.91. The minimum Gasteiger partial charge on any atom is -0.399 e. The Morgan fingerprint density at radius 2 is 1.94 bits per heavy atom. The van der Waals surface area contributed by atoms with Gasteiger partial charge in [-0.25, -0.2) is 0 Å². The second-order valence-electron chi connectivity index (χ2n) is 4.99. The molecule has 2 rings (SSSR count). The number of nitrogens with two attached hydrogens (primary N) is 1. The van der Waals surface area contributed by atoms with E-state index in [-0.39, 0.29) is 6.61 Å². The maximum Gasteiger partial charge on any atom is 0.0917 e. The van der Waals surface area contributed by atoms with E-state index in [2.05, 4.69) is 4.90 Å². The molecule has 0 bridgehead atoms. The number of anilines is 1. The van der Waals surface area contributed by atoms with Crippen molar-refractivity contribution in [3.63, 3.8) is 0 Å². The van der Waals surface area contributed by atoms with E-state index in [1.165, 1.54) is 19.3 Å². The lowest BCUT2D eigenvalue weighted by Crippen LogP contribution is -2.43. The van der Waals surface area contributed by atoms with E-state index in [0.717, 1.165) is 5.56 Å². The van der Waals surface area contributed by atoms with Crippen LogP contribution in [0.25, 0.3) is 0 Å². The molecule has 0 aliphatic heterocycles. The van der Waals surface area contributed by atoms with E-state index < -0.39 is 6.10 Å². The monoisotopic (exact) mass is 250 g/mol. The summed E-state index contributed by atoms with van der Waals surface area (Å²) < 4.78 is 0. The van der Waals surface area contributed by atoms with Crippen molar-refractivity contribution in [1.29, 1.82) is 0 Å².